The largest absolute Gasteiger partial charge is 0.489 e. The summed E-state index contributed by atoms with van der Waals surface area (Å²) in [6.45, 7) is 1.84. The third-order valence-corrected chi connectivity index (χ3v) is 5.79. The Kier molecular flexibility index (Phi) is 7.65. The number of rotatable bonds is 7. The van der Waals surface area contributed by atoms with Crippen molar-refractivity contribution in [3.63, 3.8) is 0 Å². The smallest absolute Gasteiger partial charge is 0.453 e. The van der Waals surface area contributed by atoms with E-state index < -0.39 is 29.1 Å². The molecular formula is C26H17Cl2F3O6. The normalized spacial score (nSPS) is 11.4. The molecule has 0 bridgehead atoms. The van der Waals surface area contributed by atoms with Crippen LogP contribution in [0.2, 0.25) is 10.0 Å². The molecule has 0 spiro atoms. The fourth-order valence-electron chi connectivity index (χ4n) is 3.31. The molecule has 1 heterocycles. The molecule has 4 aromatic rings. The molecule has 4 rings (SSSR count). The molecule has 11 heteroatoms. The fourth-order valence-corrected chi connectivity index (χ4v) is 3.63. The lowest BCUT2D eigenvalue weighted by Gasteiger charge is -2.14. The van der Waals surface area contributed by atoms with Crippen molar-refractivity contribution in [3.05, 3.63) is 97.8 Å². The molecule has 37 heavy (non-hydrogen) atoms. The van der Waals surface area contributed by atoms with Gasteiger partial charge < -0.3 is 18.6 Å². The second-order valence-electron chi connectivity index (χ2n) is 7.63. The predicted octanol–water partition coefficient (Wildman–Crippen LogP) is 7.67. The maximum absolute atomic E-state index is 13.8. The van der Waals surface area contributed by atoms with Crippen LogP contribution in [0.5, 0.6) is 17.2 Å². The van der Waals surface area contributed by atoms with E-state index in [2.05, 4.69) is 0 Å². The van der Waals surface area contributed by atoms with Gasteiger partial charge in [0.1, 0.15) is 23.7 Å². The van der Waals surface area contributed by atoms with Crippen LogP contribution in [0.3, 0.4) is 0 Å². The molecule has 0 aliphatic heterocycles. The van der Waals surface area contributed by atoms with E-state index in [0.717, 1.165) is 0 Å². The van der Waals surface area contributed by atoms with Gasteiger partial charge >= 0.3 is 12.1 Å². The highest BCUT2D eigenvalue weighted by Crippen LogP contribution is 2.38. The van der Waals surface area contributed by atoms with Gasteiger partial charge in [0, 0.05) is 6.07 Å². The van der Waals surface area contributed by atoms with Crippen LogP contribution in [0.25, 0.3) is 11.0 Å². The average Bonchev–Trinajstić information content (AvgIpc) is 2.86. The zero-order chi connectivity index (χ0) is 26.7. The predicted molar refractivity (Wildman–Crippen MR) is 131 cm³/mol. The topological polar surface area (TPSA) is 75.0 Å². The monoisotopic (exact) mass is 552 g/mol. The van der Waals surface area contributed by atoms with Crippen molar-refractivity contribution in [1.82, 2.24) is 0 Å². The van der Waals surface area contributed by atoms with E-state index in [9.17, 15) is 22.8 Å². The van der Waals surface area contributed by atoms with Crippen LogP contribution in [0.4, 0.5) is 13.2 Å². The van der Waals surface area contributed by atoms with E-state index in [1.54, 1.807) is 25.1 Å². The summed E-state index contributed by atoms with van der Waals surface area (Å²) in [5.41, 5.74) is -0.526. The number of hydrogen-bond acceptors (Lipinski definition) is 6. The highest BCUT2D eigenvalue weighted by molar-refractivity contribution is 6.42. The van der Waals surface area contributed by atoms with Gasteiger partial charge in [-0.1, -0.05) is 29.3 Å². The van der Waals surface area contributed by atoms with E-state index >= 15 is 0 Å². The Morgan fingerprint density at radius 3 is 2.30 bits per heavy atom. The van der Waals surface area contributed by atoms with Gasteiger partial charge in [0.05, 0.1) is 27.6 Å². The van der Waals surface area contributed by atoms with Gasteiger partial charge in [0.15, 0.2) is 0 Å². The van der Waals surface area contributed by atoms with Gasteiger partial charge in [-0.3, -0.25) is 4.79 Å². The maximum Gasteiger partial charge on any atom is 0.453 e. The number of halogens is 5. The van der Waals surface area contributed by atoms with Gasteiger partial charge in [0.25, 0.3) is 5.76 Å². The molecule has 0 saturated carbocycles. The lowest BCUT2D eigenvalue weighted by Crippen LogP contribution is -2.15. The number of alkyl halides is 3. The van der Waals surface area contributed by atoms with Gasteiger partial charge in [0.2, 0.25) is 11.2 Å². The molecule has 0 atom stereocenters. The molecule has 0 aliphatic rings. The highest BCUT2D eigenvalue weighted by Gasteiger charge is 2.40. The van der Waals surface area contributed by atoms with E-state index in [4.69, 9.17) is 41.8 Å². The van der Waals surface area contributed by atoms with Gasteiger partial charge in [-0.05, 0) is 61.0 Å². The maximum atomic E-state index is 13.8. The van der Waals surface area contributed by atoms with Gasteiger partial charge in [-0.2, -0.15) is 13.2 Å². The molecule has 0 unspecified atom stereocenters. The van der Waals surface area contributed by atoms with Crippen LogP contribution >= 0.6 is 23.2 Å². The molecular weight excluding hydrogens is 536 g/mol. The summed E-state index contributed by atoms with van der Waals surface area (Å²) >= 11 is 11.9. The Morgan fingerprint density at radius 1 is 0.946 bits per heavy atom. The van der Waals surface area contributed by atoms with Crippen LogP contribution in [-0.2, 0) is 17.5 Å². The molecule has 192 valence electrons. The SMILES string of the molecule is CCOC(=O)c1ccc(Oc2c(C(F)(F)F)oc3cc(OCc4ccc(Cl)c(Cl)c4)ccc3c2=O)cc1. The number of fused-ring (bicyclic) bond motifs is 1. The van der Waals surface area contributed by atoms with Crippen molar-refractivity contribution < 1.29 is 36.6 Å². The fraction of sp³-hybridized carbons (Fsp3) is 0.154. The standard InChI is InChI=1S/C26H17Cl2F3O6/c1-2-34-25(33)15-4-6-16(7-5-15)36-23-22(32)18-9-8-17(12-21(18)37-24(23)26(29,30)31)35-13-14-3-10-19(27)20(28)11-14/h3-12H,2,13H2,1H3. The summed E-state index contributed by atoms with van der Waals surface area (Å²) < 4.78 is 62.3. The molecule has 0 aliphatic carbocycles. The van der Waals surface area contributed by atoms with Crippen LogP contribution < -0.4 is 14.9 Å². The summed E-state index contributed by atoms with van der Waals surface area (Å²) in [7, 11) is 0. The zero-order valence-corrected chi connectivity index (χ0v) is 20.5. The van der Waals surface area contributed by atoms with Crippen molar-refractivity contribution in [2.24, 2.45) is 0 Å². The minimum absolute atomic E-state index is 0.0434. The number of hydrogen-bond donors (Lipinski definition) is 0. The summed E-state index contributed by atoms with van der Waals surface area (Å²) in [5.74, 6) is -3.19. The summed E-state index contributed by atoms with van der Waals surface area (Å²) in [4.78, 5) is 24.8. The number of esters is 1. The molecule has 0 radical (unpaired) electrons. The Bertz CT molecular complexity index is 1510. The minimum Gasteiger partial charge on any atom is -0.489 e. The van der Waals surface area contributed by atoms with E-state index in [1.807, 2.05) is 0 Å². The summed E-state index contributed by atoms with van der Waals surface area (Å²) in [5, 5.41) is 0.545. The lowest BCUT2D eigenvalue weighted by atomic mass is 10.2. The summed E-state index contributed by atoms with van der Waals surface area (Å²) in [6, 6.07) is 13.8. The van der Waals surface area contributed by atoms with Crippen LogP contribution in [0, 0.1) is 0 Å². The molecule has 0 fully saturated rings. The van der Waals surface area contributed by atoms with E-state index in [0.29, 0.717) is 15.6 Å². The van der Waals surface area contributed by atoms with Crippen molar-refractivity contribution in [2.75, 3.05) is 6.61 Å². The van der Waals surface area contributed by atoms with E-state index in [1.165, 1.54) is 42.5 Å². The van der Waals surface area contributed by atoms with Crippen molar-refractivity contribution in [1.29, 1.82) is 0 Å². The molecule has 0 N–H and O–H groups in total. The summed E-state index contributed by atoms with van der Waals surface area (Å²) in [6.07, 6.45) is -5.04. The Hall–Kier alpha value is -3.69. The Morgan fingerprint density at radius 2 is 1.65 bits per heavy atom. The third-order valence-electron chi connectivity index (χ3n) is 5.05. The molecule has 0 amide bonds. The first kappa shape index (κ1) is 26.4. The number of ether oxygens (including phenoxy) is 3. The Labute approximate surface area is 218 Å². The Balaban J connectivity index is 1.65. The quantitative estimate of drug-likeness (QED) is 0.219. The minimum atomic E-state index is -5.04. The van der Waals surface area contributed by atoms with Crippen LogP contribution in [0.1, 0.15) is 28.6 Å². The van der Waals surface area contributed by atoms with Gasteiger partial charge in [-0.25, -0.2) is 4.79 Å². The molecule has 6 nitrogen and oxygen atoms in total. The highest BCUT2D eigenvalue weighted by atomic mass is 35.5. The number of carbonyl (C=O) groups excluding carboxylic acids is 1. The van der Waals surface area contributed by atoms with Crippen molar-refractivity contribution in [3.8, 4) is 17.2 Å². The van der Waals surface area contributed by atoms with E-state index in [-0.39, 0.29) is 41.2 Å². The third kappa shape index (κ3) is 6.00. The van der Waals surface area contributed by atoms with Crippen LogP contribution in [0.15, 0.2) is 69.9 Å². The molecule has 3 aromatic carbocycles. The first-order valence-electron chi connectivity index (χ1n) is 10.8. The lowest BCUT2D eigenvalue weighted by molar-refractivity contribution is -0.154. The zero-order valence-electron chi connectivity index (χ0n) is 19.0. The van der Waals surface area contributed by atoms with Crippen LogP contribution in [-0.4, -0.2) is 12.6 Å². The van der Waals surface area contributed by atoms with Gasteiger partial charge in [-0.15, -0.1) is 0 Å². The number of benzene rings is 3. The average molecular weight is 553 g/mol. The first-order chi connectivity index (χ1) is 17.6. The molecule has 1 aromatic heterocycles. The molecule has 0 saturated heterocycles. The second-order valence-corrected chi connectivity index (χ2v) is 8.44. The first-order valence-corrected chi connectivity index (χ1v) is 11.5. The van der Waals surface area contributed by atoms with Crippen molar-refractivity contribution >= 4 is 40.1 Å². The van der Waals surface area contributed by atoms with Crippen molar-refractivity contribution in [2.45, 2.75) is 19.7 Å². The number of carbonyl (C=O) groups is 1. The second kappa shape index (κ2) is 10.7.